The summed E-state index contributed by atoms with van der Waals surface area (Å²) in [5.74, 6) is 0. The minimum absolute atomic E-state index is 0.319. The number of hydrogen-bond donors (Lipinski definition) is 1. The highest BCUT2D eigenvalue weighted by atomic mass is 16.5. The summed E-state index contributed by atoms with van der Waals surface area (Å²) in [6, 6.07) is 0. The molecular formula is C27H46O2. The van der Waals surface area contributed by atoms with E-state index < -0.39 is 0 Å². The molecule has 0 amide bonds. The monoisotopic (exact) mass is 402 g/mol. The van der Waals surface area contributed by atoms with E-state index in [-0.39, 0.29) is 11.7 Å². The van der Waals surface area contributed by atoms with Gasteiger partial charge < -0.3 is 9.84 Å². The van der Waals surface area contributed by atoms with Crippen LogP contribution in [0.15, 0.2) is 46.6 Å². The van der Waals surface area contributed by atoms with E-state index in [1.165, 1.54) is 28.7 Å². The van der Waals surface area contributed by atoms with Crippen molar-refractivity contribution in [2.24, 2.45) is 0 Å². The van der Waals surface area contributed by atoms with Crippen molar-refractivity contribution in [3.8, 4) is 0 Å². The summed E-state index contributed by atoms with van der Waals surface area (Å²) < 4.78 is 5.74. The molecule has 1 aliphatic heterocycles. The van der Waals surface area contributed by atoms with E-state index in [2.05, 4.69) is 65.8 Å². The number of ether oxygens (including phenoxy) is 1. The lowest BCUT2D eigenvalue weighted by molar-refractivity contribution is -0.0798. The smallest absolute Gasteiger partial charge is 0.0913 e. The van der Waals surface area contributed by atoms with Crippen LogP contribution in [0.25, 0.3) is 0 Å². The quantitative estimate of drug-likeness (QED) is 0.318. The van der Waals surface area contributed by atoms with E-state index >= 15 is 0 Å². The first kappa shape index (κ1) is 25.9. The average molecular weight is 403 g/mol. The highest BCUT2D eigenvalue weighted by Gasteiger charge is 2.36. The van der Waals surface area contributed by atoms with Gasteiger partial charge in [-0.25, -0.2) is 0 Å². The van der Waals surface area contributed by atoms with Crippen LogP contribution in [0.4, 0.5) is 0 Å². The van der Waals surface area contributed by atoms with Gasteiger partial charge in [-0.2, -0.15) is 0 Å². The first-order chi connectivity index (χ1) is 13.7. The fourth-order valence-electron chi connectivity index (χ4n) is 3.84. The maximum atomic E-state index is 10.4. The van der Waals surface area contributed by atoms with Crippen LogP contribution in [0.5, 0.6) is 0 Å². The van der Waals surface area contributed by atoms with Crippen LogP contribution in [0.1, 0.15) is 106 Å². The molecule has 0 radical (unpaired) electrons. The van der Waals surface area contributed by atoms with Gasteiger partial charge in [-0.15, -0.1) is 0 Å². The Kier molecular flexibility index (Phi) is 12.5. The average Bonchev–Trinajstić information content (AvgIpc) is 3.09. The van der Waals surface area contributed by atoms with Crippen molar-refractivity contribution in [2.75, 3.05) is 6.61 Å². The number of allylic oxidation sites excluding steroid dienone is 8. The van der Waals surface area contributed by atoms with Gasteiger partial charge in [0.25, 0.3) is 0 Å². The zero-order chi connectivity index (χ0) is 21.7. The lowest BCUT2D eigenvalue weighted by Gasteiger charge is -2.29. The Hall–Kier alpha value is -1.12. The molecule has 0 aromatic heterocycles. The van der Waals surface area contributed by atoms with Crippen LogP contribution in [0.3, 0.4) is 0 Å². The molecule has 0 aromatic carbocycles. The Morgan fingerprint density at radius 2 is 1.31 bits per heavy atom. The maximum absolute atomic E-state index is 10.4. The van der Waals surface area contributed by atoms with Crippen LogP contribution < -0.4 is 0 Å². The maximum Gasteiger partial charge on any atom is 0.0913 e. The molecule has 0 bridgehead atoms. The molecule has 2 heteroatoms. The molecule has 0 aromatic rings. The third-order valence-electron chi connectivity index (χ3n) is 6.04. The second-order valence-corrected chi connectivity index (χ2v) is 9.41. The Labute approximate surface area is 180 Å². The van der Waals surface area contributed by atoms with Gasteiger partial charge in [0.2, 0.25) is 0 Å². The Balaban J connectivity index is 2.22. The van der Waals surface area contributed by atoms with Crippen LogP contribution >= 0.6 is 0 Å². The summed E-state index contributed by atoms with van der Waals surface area (Å²) in [7, 11) is 0. The Morgan fingerprint density at radius 3 is 1.76 bits per heavy atom. The van der Waals surface area contributed by atoms with Crippen LogP contribution in [0, 0.1) is 0 Å². The molecule has 0 unspecified atom stereocenters. The molecule has 0 saturated carbocycles. The number of hydrogen-bond acceptors (Lipinski definition) is 2. The Bertz CT molecular complexity index is 582. The van der Waals surface area contributed by atoms with Gasteiger partial charge >= 0.3 is 0 Å². The summed E-state index contributed by atoms with van der Waals surface area (Å²) in [6.07, 6.45) is 19.7. The second kappa shape index (κ2) is 14.0. The third kappa shape index (κ3) is 11.6. The van der Waals surface area contributed by atoms with E-state index in [4.69, 9.17) is 4.74 Å². The molecular weight excluding hydrogens is 356 g/mol. The van der Waals surface area contributed by atoms with Crippen molar-refractivity contribution >= 4 is 0 Å². The first-order valence-corrected chi connectivity index (χ1v) is 11.6. The van der Waals surface area contributed by atoms with Gasteiger partial charge in [0, 0.05) is 6.61 Å². The van der Waals surface area contributed by atoms with Gasteiger partial charge in [-0.05, 0) is 106 Å². The molecule has 0 aliphatic carbocycles. The molecule has 1 heterocycles. The van der Waals surface area contributed by atoms with Gasteiger partial charge in [0.15, 0.2) is 0 Å². The summed E-state index contributed by atoms with van der Waals surface area (Å²) >= 11 is 0. The van der Waals surface area contributed by atoms with Gasteiger partial charge in [-0.1, -0.05) is 46.6 Å². The molecule has 1 aliphatic rings. The van der Waals surface area contributed by atoms with E-state index in [0.717, 1.165) is 64.4 Å². The highest BCUT2D eigenvalue weighted by Crippen LogP contribution is 2.30. The molecule has 166 valence electrons. The summed E-state index contributed by atoms with van der Waals surface area (Å²) in [4.78, 5) is 0. The minimum atomic E-state index is -0.352. The molecule has 1 N–H and O–H groups in total. The number of aliphatic hydroxyl groups is 1. The largest absolute Gasteiger partial charge is 0.390 e. The molecule has 1 saturated heterocycles. The molecule has 2 nitrogen and oxygen atoms in total. The number of aliphatic hydroxyl groups excluding tert-OH is 1. The standard InChI is InChI=1S/C27H46O2/c1-22(2)12-7-13-23(3)14-8-15-24(4)16-9-17-25(5)18-10-19-26(28)27(6)20-11-21-29-27/h12,14,16,18,26,28H,7-11,13,15,17,19-21H2,1-6H3/b23-14+,24-16+,25-18+/t26-,27+/m1/s1. The fourth-order valence-corrected chi connectivity index (χ4v) is 3.84. The SMILES string of the molecule is CC(C)=CCC/C(C)=C/CC/C(C)=C/CC/C(C)=C/CC[C@@H](O)[C@]1(C)CCCO1. The van der Waals surface area contributed by atoms with Crippen molar-refractivity contribution in [3.63, 3.8) is 0 Å². The zero-order valence-electron chi connectivity index (χ0n) is 20.0. The molecule has 2 atom stereocenters. The van der Waals surface area contributed by atoms with Crippen molar-refractivity contribution in [2.45, 2.75) is 117 Å². The number of rotatable bonds is 13. The van der Waals surface area contributed by atoms with E-state index in [1.807, 2.05) is 0 Å². The lowest BCUT2D eigenvalue weighted by Crippen LogP contribution is -2.38. The van der Waals surface area contributed by atoms with Crippen LogP contribution in [-0.4, -0.2) is 23.4 Å². The predicted octanol–water partition coefficient (Wildman–Crippen LogP) is 7.84. The summed E-state index contributed by atoms with van der Waals surface area (Å²) in [6.45, 7) is 13.9. The first-order valence-electron chi connectivity index (χ1n) is 11.6. The van der Waals surface area contributed by atoms with Crippen molar-refractivity contribution in [3.05, 3.63) is 46.6 Å². The zero-order valence-corrected chi connectivity index (χ0v) is 20.0. The molecule has 1 fully saturated rings. The topological polar surface area (TPSA) is 29.5 Å². The van der Waals surface area contributed by atoms with E-state index in [1.54, 1.807) is 0 Å². The predicted molar refractivity (Wildman–Crippen MR) is 127 cm³/mol. The van der Waals surface area contributed by atoms with Crippen LogP contribution in [-0.2, 0) is 4.74 Å². The second-order valence-electron chi connectivity index (χ2n) is 9.41. The van der Waals surface area contributed by atoms with Gasteiger partial charge in [0.05, 0.1) is 11.7 Å². The highest BCUT2D eigenvalue weighted by molar-refractivity contribution is 5.07. The molecule has 29 heavy (non-hydrogen) atoms. The Morgan fingerprint density at radius 1 is 0.828 bits per heavy atom. The van der Waals surface area contributed by atoms with Gasteiger partial charge in [0.1, 0.15) is 0 Å². The summed E-state index contributed by atoms with van der Waals surface area (Å²) in [5, 5.41) is 10.4. The van der Waals surface area contributed by atoms with E-state index in [0.29, 0.717) is 0 Å². The minimum Gasteiger partial charge on any atom is -0.390 e. The van der Waals surface area contributed by atoms with Crippen molar-refractivity contribution in [1.29, 1.82) is 0 Å². The third-order valence-corrected chi connectivity index (χ3v) is 6.04. The van der Waals surface area contributed by atoms with E-state index in [9.17, 15) is 5.11 Å². The lowest BCUT2D eigenvalue weighted by atomic mass is 9.92. The van der Waals surface area contributed by atoms with Crippen molar-refractivity contribution < 1.29 is 9.84 Å². The van der Waals surface area contributed by atoms with Gasteiger partial charge in [-0.3, -0.25) is 0 Å². The molecule has 1 rings (SSSR count). The van der Waals surface area contributed by atoms with Crippen LogP contribution in [0.2, 0.25) is 0 Å². The van der Waals surface area contributed by atoms with Crippen molar-refractivity contribution in [1.82, 2.24) is 0 Å². The molecule has 0 spiro atoms. The summed E-state index contributed by atoms with van der Waals surface area (Å²) in [5.41, 5.74) is 5.52. The normalized spacial score (nSPS) is 22.1. The fraction of sp³-hybridized carbons (Fsp3) is 0.704.